The van der Waals surface area contributed by atoms with Crippen LogP contribution in [-0.4, -0.2) is 12.1 Å². The first-order chi connectivity index (χ1) is 9.19. The molecule has 0 unspecified atom stereocenters. The van der Waals surface area contributed by atoms with Crippen molar-refractivity contribution in [2.24, 2.45) is 0 Å². The van der Waals surface area contributed by atoms with E-state index < -0.39 is 0 Å². The molecule has 0 saturated heterocycles. The Labute approximate surface area is 128 Å². The summed E-state index contributed by atoms with van der Waals surface area (Å²) in [5.41, 5.74) is 3.79. The normalized spacial score (nSPS) is 8.90. The van der Waals surface area contributed by atoms with Gasteiger partial charge in [-0.15, -0.1) is 0 Å². The highest BCUT2D eigenvalue weighted by Gasteiger charge is 1.91. The number of H-pyrrole nitrogens is 1. The van der Waals surface area contributed by atoms with Gasteiger partial charge in [-0.2, -0.15) is 0 Å². The summed E-state index contributed by atoms with van der Waals surface area (Å²) in [5, 5.41) is 1.29. The van der Waals surface area contributed by atoms with Gasteiger partial charge in [-0.3, -0.25) is 0 Å². The fourth-order valence-electron chi connectivity index (χ4n) is 1.85. The van der Waals surface area contributed by atoms with Gasteiger partial charge in [0.15, 0.2) is 0 Å². The van der Waals surface area contributed by atoms with E-state index >= 15 is 0 Å². The van der Waals surface area contributed by atoms with E-state index in [9.17, 15) is 0 Å². The Bertz CT molecular complexity index is 638. The fraction of sp³-hybridized carbons (Fsp3) is 0.263. The molecule has 3 rings (SSSR count). The number of aryl methyl sites for hydroxylation is 2. The Hall–Kier alpha value is -2.22. The third-order valence-electron chi connectivity index (χ3n) is 2.97. The highest BCUT2D eigenvalue weighted by atomic mass is 16.5. The number of aromatic amines is 1. The Morgan fingerprint density at radius 2 is 1.43 bits per heavy atom. The number of nitrogens with one attached hydrogen (secondary N) is 1. The minimum atomic E-state index is 0. The molecule has 0 bridgehead atoms. The minimum Gasteiger partial charge on any atom is -0.497 e. The SMILES string of the molecule is C.C.COc1ccc(C)cc1.Cc1ccc2[nH]ccc2c1. The van der Waals surface area contributed by atoms with E-state index in [1.54, 1.807) is 7.11 Å². The maximum atomic E-state index is 4.97. The van der Waals surface area contributed by atoms with Crippen LogP contribution in [0.4, 0.5) is 0 Å². The number of rotatable bonds is 1. The first-order valence-corrected chi connectivity index (χ1v) is 6.33. The second-order valence-corrected chi connectivity index (χ2v) is 4.59. The number of fused-ring (bicyclic) bond motifs is 1. The monoisotopic (exact) mass is 285 g/mol. The van der Waals surface area contributed by atoms with Crippen LogP contribution in [0, 0.1) is 13.8 Å². The van der Waals surface area contributed by atoms with Crippen LogP contribution in [0.2, 0.25) is 0 Å². The zero-order valence-corrected chi connectivity index (χ0v) is 11.6. The fourth-order valence-corrected chi connectivity index (χ4v) is 1.85. The molecule has 0 fully saturated rings. The molecular weight excluding hydrogens is 258 g/mol. The molecule has 1 N–H and O–H groups in total. The maximum absolute atomic E-state index is 4.97. The van der Waals surface area contributed by atoms with Crippen molar-refractivity contribution in [3.05, 3.63) is 65.9 Å². The highest BCUT2D eigenvalue weighted by molar-refractivity contribution is 5.79. The Morgan fingerprint density at radius 3 is 2.05 bits per heavy atom. The van der Waals surface area contributed by atoms with E-state index in [2.05, 4.69) is 43.1 Å². The molecule has 0 aliphatic carbocycles. The van der Waals surface area contributed by atoms with Gasteiger partial charge in [0.25, 0.3) is 0 Å². The molecule has 0 aliphatic heterocycles. The molecule has 0 atom stereocenters. The summed E-state index contributed by atoms with van der Waals surface area (Å²) in [6, 6.07) is 16.4. The van der Waals surface area contributed by atoms with Crippen molar-refractivity contribution >= 4 is 10.9 Å². The Morgan fingerprint density at radius 1 is 0.810 bits per heavy atom. The zero-order valence-electron chi connectivity index (χ0n) is 11.6. The standard InChI is InChI=1S/C9H9N.C8H10O.2CH4/c1-7-2-3-9-8(6-7)4-5-10-9;1-7-3-5-8(9-2)6-4-7;;/h2-6,10H,1H3;3-6H,1-2H3;2*1H4. The lowest BCUT2D eigenvalue weighted by Crippen LogP contribution is -1.80. The van der Waals surface area contributed by atoms with Crippen LogP contribution in [0.15, 0.2) is 54.7 Å². The molecule has 2 nitrogen and oxygen atoms in total. The first kappa shape index (κ1) is 18.8. The van der Waals surface area contributed by atoms with Gasteiger partial charge in [-0.1, -0.05) is 44.2 Å². The molecule has 0 spiro atoms. The summed E-state index contributed by atoms with van der Waals surface area (Å²) in [5.74, 6) is 0.917. The third-order valence-corrected chi connectivity index (χ3v) is 2.97. The average Bonchev–Trinajstić information content (AvgIpc) is 2.87. The van der Waals surface area contributed by atoms with E-state index in [-0.39, 0.29) is 14.9 Å². The van der Waals surface area contributed by atoms with Crippen LogP contribution < -0.4 is 4.74 Å². The zero-order chi connectivity index (χ0) is 13.7. The molecule has 1 aromatic heterocycles. The summed E-state index contributed by atoms with van der Waals surface area (Å²) in [7, 11) is 1.67. The summed E-state index contributed by atoms with van der Waals surface area (Å²) in [6.45, 7) is 4.16. The van der Waals surface area contributed by atoms with Gasteiger partial charge in [-0.25, -0.2) is 0 Å². The van der Waals surface area contributed by atoms with Crippen molar-refractivity contribution in [3.8, 4) is 5.75 Å². The highest BCUT2D eigenvalue weighted by Crippen LogP contribution is 2.12. The van der Waals surface area contributed by atoms with Gasteiger partial charge in [0, 0.05) is 11.7 Å². The number of ether oxygens (including phenoxy) is 1. The smallest absolute Gasteiger partial charge is 0.118 e. The van der Waals surface area contributed by atoms with E-state index in [4.69, 9.17) is 4.74 Å². The van der Waals surface area contributed by atoms with E-state index in [0.29, 0.717) is 0 Å². The van der Waals surface area contributed by atoms with Crippen LogP contribution in [0.1, 0.15) is 26.0 Å². The molecule has 114 valence electrons. The van der Waals surface area contributed by atoms with Crippen molar-refractivity contribution in [2.45, 2.75) is 28.7 Å². The molecule has 2 aromatic carbocycles. The second-order valence-electron chi connectivity index (χ2n) is 4.59. The Balaban J connectivity index is 0.000000350. The topological polar surface area (TPSA) is 25.0 Å². The predicted molar refractivity (Wildman–Crippen MR) is 94.2 cm³/mol. The number of benzene rings is 2. The predicted octanol–water partition coefficient (Wildman–Crippen LogP) is 5.75. The van der Waals surface area contributed by atoms with Gasteiger partial charge < -0.3 is 9.72 Å². The lowest BCUT2D eigenvalue weighted by Gasteiger charge is -1.97. The second kappa shape index (κ2) is 8.85. The average molecular weight is 285 g/mol. The summed E-state index contributed by atoms with van der Waals surface area (Å²) in [4.78, 5) is 3.15. The third kappa shape index (κ3) is 5.35. The summed E-state index contributed by atoms with van der Waals surface area (Å²) in [6.07, 6.45) is 1.96. The summed E-state index contributed by atoms with van der Waals surface area (Å²) >= 11 is 0. The van der Waals surface area contributed by atoms with Crippen molar-refractivity contribution in [1.82, 2.24) is 4.98 Å². The van der Waals surface area contributed by atoms with Crippen LogP contribution in [-0.2, 0) is 0 Å². The summed E-state index contributed by atoms with van der Waals surface area (Å²) < 4.78 is 4.97. The van der Waals surface area contributed by atoms with Gasteiger partial charge in [-0.05, 0) is 49.6 Å². The van der Waals surface area contributed by atoms with Gasteiger partial charge in [0.2, 0.25) is 0 Å². The first-order valence-electron chi connectivity index (χ1n) is 6.33. The van der Waals surface area contributed by atoms with Gasteiger partial charge in [0.05, 0.1) is 7.11 Å². The molecule has 0 radical (unpaired) electrons. The number of methoxy groups -OCH3 is 1. The van der Waals surface area contributed by atoms with Crippen LogP contribution in [0.5, 0.6) is 5.75 Å². The molecule has 2 heteroatoms. The molecule has 1 heterocycles. The lowest BCUT2D eigenvalue weighted by molar-refractivity contribution is 0.414. The minimum absolute atomic E-state index is 0. The van der Waals surface area contributed by atoms with E-state index in [1.165, 1.54) is 22.0 Å². The molecular formula is C19H27NO. The van der Waals surface area contributed by atoms with E-state index in [1.807, 2.05) is 30.5 Å². The number of hydrogen-bond donors (Lipinski definition) is 1. The molecule has 21 heavy (non-hydrogen) atoms. The number of hydrogen-bond acceptors (Lipinski definition) is 1. The van der Waals surface area contributed by atoms with Crippen LogP contribution >= 0.6 is 0 Å². The lowest BCUT2D eigenvalue weighted by atomic mass is 10.2. The van der Waals surface area contributed by atoms with Gasteiger partial charge in [0.1, 0.15) is 5.75 Å². The van der Waals surface area contributed by atoms with Crippen LogP contribution in [0.25, 0.3) is 10.9 Å². The maximum Gasteiger partial charge on any atom is 0.118 e. The quantitative estimate of drug-likeness (QED) is 0.605. The van der Waals surface area contributed by atoms with E-state index in [0.717, 1.165) is 5.75 Å². The number of aromatic nitrogens is 1. The van der Waals surface area contributed by atoms with Crippen molar-refractivity contribution in [1.29, 1.82) is 0 Å². The van der Waals surface area contributed by atoms with Crippen molar-refractivity contribution < 1.29 is 4.74 Å². The van der Waals surface area contributed by atoms with Crippen LogP contribution in [0.3, 0.4) is 0 Å². The van der Waals surface area contributed by atoms with Gasteiger partial charge >= 0.3 is 0 Å². The molecule has 0 saturated carbocycles. The molecule has 0 aliphatic rings. The van der Waals surface area contributed by atoms with Crippen molar-refractivity contribution in [2.75, 3.05) is 7.11 Å². The molecule has 3 aromatic rings. The largest absolute Gasteiger partial charge is 0.497 e. The molecule has 0 amide bonds. The van der Waals surface area contributed by atoms with Crippen molar-refractivity contribution in [3.63, 3.8) is 0 Å². The Kier molecular flexibility index (Phi) is 7.92.